The Morgan fingerprint density at radius 2 is 1.82 bits per heavy atom. The van der Waals surface area contributed by atoms with Gasteiger partial charge in [-0.05, 0) is 37.7 Å². The highest BCUT2D eigenvalue weighted by atomic mass is 32.2. The first-order valence-electron chi connectivity index (χ1n) is 9.11. The number of hydrogen-bond donors (Lipinski definition) is 2. The number of aliphatic imine (C=N–C) groups is 1. The fraction of sp³-hybridized carbons (Fsp3) is 0.300. The van der Waals surface area contributed by atoms with Crippen LogP contribution in [0.2, 0.25) is 0 Å². The van der Waals surface area contributed by atoms with Crippen LogP contribution < -0.4 is 10.0 Å². The van der Waals surface area contributed by atoms with Crippen LogP contribution in [0.1, 0.15) is 17.5 Å². The summed E-state index contributed by atoms with van der Waals surface area (Å²) in [6, 6.07) is 16.8. The minimum absolute atomic E-state index is 0.119. The number of sulfonamides is 1. The van der Waals surface area contributed by atoms with Crippen LogP contribution >= 0.6 is 0 Å². The number of amidine groups is 1. The Labute approximate surface area is 165 Å². The van der Waals surface area contributed by atoms with Gasteiger partial charge in [0.25, 0.3) is 10.0 Å². The van der Waals surface area contributed by atoms with Crippen LogP contribution in [0.4, 0.5) is 0 Å². The van der Waals surface area contributed by atoms with Crippen molar-refractivity contribution in [3.8, 4) is 0 Å². The molecule has 0 atom stereocenters. The van der Waals surface area contributed by atoms with Gasteiger partial charge < -0.3 is 10.2 Å². The molecule has 0 radical (unpaired) electrons. The molecular weight excluding hydrogens is 376 g/mol. The first-order valence-corrected chi connectivity index (χ1v) is 10.6. The number of fused-ring (bicyclic) bond motifs is 1. The number of amides is 1. The third-order valence-corrected chi connectivity index (χ3v) is 5.77. The number of rotatable bonds is 8. The number of nitrogens with one attached hydrogen (secondary N) is 2. The minimum Gasteiger partial charge on any atom is -0.354 e. The molecule has 3 rings (SSSR count). The quantitative estimate of drug-likeness (QED) is 0.655. The second kappa shape index (κ2) is 8.99. The van der Waals surface area contributed by atoms with Gasteiger partial charge in [0.05, 0.1) is 4.90 Å². The second-order valence-electron chi connectivity index (χ2n) is 6.69. The van der Waals surface area contributed by atoms with Crippen LogP contribution in [0.25, 0.3) is 0 Å². The number of carbonyl (C=O) groups is 1. The summed E-state index contributed by atoms with van der Waals surface area (Å²) in [7, 11) is -1.53. The van der Waals surface area contributed by atoms with Crippen molar-refractivity contribution in [2.45, 2.75) is 17.9 Å². The lowest BCUT2D eigenvalue weighted by Crippen LogP contribution is -2.30. The predicted molar refractivity (Wildman–Crippen MR) is 109 cm³/mol. The minimum atomic E-state index is -3.58. The molecule has 7 nitrogen and oxygen atoms in total. The van der Waals surface area contributed by atoms with Gasteiger partial charge in [0.1, 0.15) is 12.4 Å². The largest absolute Gasteiger partial charge is 0.354 e. The molecular formula is C20H24N4O3S. The molecule has 2 N–H and O–H groups in total. The molecule has 0 aromatic heterocycles. The van der Waals surface area contributed by atoms with Gasteiger partial charge in [-0.25, -0.2) is 8.42 Å². The van der Waals surface area contributed by atoms with E-state index in [1.54, 1.807) is 18.2 Å². The molecule has 28 heavy (non-hydrogen) atoms. The maximum atomic E-state index is 12.0. The highest BCUT2D eigenvalue weighted by Crippen LogP contribution is 2.21. The van der Waals surface area contributed by atoms with Crippen LogP contribution in [0, 0.1) is 0 Å². The van der Waals surface area contributed by atoms with E-state index in [2.05, 4.69) is 32.1 Å². The Bertz CT molecular complexity index is 958. The molecule has 2 aromatic carbocycles. The molecule has 0 aliphatic carbocycles. The van der Waals surface area contributed by atoms with Crippen LogP contribution in [-0.2, 0) is 21.4 Å². The fourth-order valence-electron chi connectivity index (χ4n) is 3.01. The molecule has 0 unspecified atom stereocenters. The molecule has 148 valence electrons. The highest BCUT2D eigenvalue weighted by molar-refractivity contribution is 7.90. The van der Waals surface area contributed by atoms with Crippen molar-refractivity contribution < 1.29 is 13.2 Å². The maximum absolute atomic E-state index is 12.0. The van der Waals surface area contributed by atoms with Gasteiger partial charge in [0, 0.05) is 18.7 Å². The highest BCUT2D eigenvalue weighted by Gasteiger charge is 2.30. The van der Waals surface area contributed by atoms with Gasteiger partial charge in [-0.3, -0.25) is 14.5 Å². The van der Waals surface area contributed by atoms with Gasteiger partial charge in [0.2, 0.25) is 5.91 Å². The van der Waals surface area contributed by atoms with E-state index in [4.69, 9.17) is 0 Å². The summed E-state index contributed by atoms with van der Waals surface area (Å²) in [5.41, 5.74) is 1.75. The van der Waals surface area contributed by atoms with E-state index >= 15 is 0 Å². The summed E-state index contributed by atoms with van der Waals surface area (Å²) in [5.74, 6) is -0.0184. The van der Waals surface area contributed by atoms with Crippen molar-refractivity contribution >= 4 is 21.8 Å². The first-order chi connectivity index (χ1) is 13.5. The lowest BCUT2D eigenvalue weighted by Gasteiger charge is -2.16. The SMILES string of the molecule is CN(CCCNC(=O)CN=C1NS(=O)(=O)c2ccccc21)Cc1ccccc1. The fourth-order valence-corrected chi connectivity index (χ4v) is 4.26. The van der Waals surface area contributed by atoms with E-state index < -0.39 is 10.0 Å². The number of hydrogen-bond acceptors (Lipinski definition) is 5. The summed E-state index contributed by atoms with van der Waals surface area (Å²) in [4.78, 5) is 18.5. The summed E-state index contributed by atoms with van der Waals surface area (Å²) in [5, 5.41) is 2.82. The molecule has 0 saturated heterocycles. The van der Waals surface area contributed by atoms with Gasteiger partial charge >= 0.3 is 0 Å². The van der Waals surface area contributed by atoms with E-state index in [0.29, 0.717) is 12.1 Å². The van der Waals surface area contributed by atoms with Gasteiger partial charge in [-0.15, -0.1) is 0 Å². The van der Waals surface area contributed by atoms with Crippen molar-refractivity contribution in [2.75, 3.05) is 26.7 Å². The lowest BCUT2D eigenvalue weighted by molar-refractivity contribution is -0.119. The third-order valence-electron chi connectivity index (χ3n) is 4.38. The van der Waals surface area contributed by atoms with E-state index in [0.717, 1.165) is 19.5 Å². The molecule has 1 amide bonds. The van der Waals surface area contributed by atoms with Crippen molar-refractivity contribution in [2.24, 2.45) is 4.99 Å². The number of carbonyl (C=O) groups excluding carboxylic acids is 1. The average Bonchev–Trinajstić information content (AvgIpc) is 2.95. The Hall–Kier alpha value is -2.71. The monoisotopic (exact) mass is 400 g/mol. The maximum Gasteiger partial charge on any atom is 0.263 e. The normalized spacial score (nSPS) is 16.0. The third kappa shape index (κ3) is 5.17. The van der Waals surface area contributed by atoms with Crippen LogP contribution in [-0.4, -0.2) is 51.7 Å². The van der Waals surface area contributed by atoms with Gasteiger partial charge in [0.15, 0.2) is 0 Å². The van der Waals surface area contributed by atoms with E-state index in [9.17, 15) is 13.2 Å². The van der Waals surface area contributed by atoms with E-state index in [1.807, 2.05) is 25.2 Å². The molecule has 2 aromatic rings. The predicted octanol–water partition coefficient (Wildman–Crippen LogP) is 1.36. The Morgan fingerprint density at radius 1 is 1.11 bits per heavy atom. The molecule has 1 aliphatic rings. The molecule has 0 saturated carbocycles. The van der Waals surface area contributed by atoms with Gasteiger partial charge in [-0.1, -0.05) is 42.5 Å². The molecule has 1 aliphatic heterocycles. The summed E-state index contributed by atoms with van der Waals surface area (Å²) in [6.45, 7) is 2.15. The molecule has 0 spiro atoms. The smallest absolute Gasteiger partial charge is 0.263 e. The Kier molecular flexibility index (Phi) is 6.43. The summed E-state index contributed by atoms with van der Waals surface area (Å²) in [6.07, 6.45) is 0.821. The first kappa shape index (κ1) is 20.0. The standard InChI is InChI=1S/C20H24N4O3S/c1-24(15-16-8-3-2-4-9-16)13-7-12-21-19(25)14-22-20-17-10-5-6-11-18(17)28(26,27)23-20/h2-6,8-11H,7,12-15H2,1H3,(H,21,25)(H,22,23). The van der Waals surface area contributed by atoms with Crippen molar-refractivity contribution in [1.82, 2.24) is 14.9 Å². The molecule has 0 fully saturated rings. The number of benzene rings is 2. The zero-order valence-corrected chi connectivity index (χ0v) is 16.6. The zero-order chi connectivity index (χ0) is 20.0. The van der Waals surface area contributed by atoms with Crippen molar-refractivity contribution in [1.29, 1.82) is 0 Å². The molecule has 8 heteroatoms. The Morgan fingerprint density at radius 3 is 2.61 bits per heavy atom. The van der Waals surface area contributed by atoms with Crippen LogP contribution in [0.3, 0.4) is 0 Å². The molecule has 1 heterocycles. The summed E-state index contributed by atoms with van der Waals surface area (Å²) < 4.78 is 26.4. The van der Waals surface area contributed by atoms with E-state index in [1.165, 1.54) is 11.6 Å². The van der Waals surface area contributed by atoms with Gasteiger partial charge in [-0.2, -0.15) is 0 Å². The summed E-state index contributed by atoms with van der Waals surface area (Å²) >= 11 is 0. The number of nitrogens with zero attached hydrogens (tertiary/aromatic N) is 2. The Balaban J connectivity index is 1.41. The van der Waals surface area contributed by atoms with Crippen molar-refractivity contribution in [3.63, 3.8) is 0 Å². The topological polar surface area (TPSA) is 90.9 Å². The van der Waals surface area contributed by atoms with Crippen LogP contribution in [0.15, 0.2) is 64.5 Å². The molecule has 0 bridgehead atoms. The van der Waals surface area contributed by atoms with Crippen molar-refractivity contribution in [3.05, 3.63) is 65.7 Å². The van der Waals surface area contributed by atoms with E-state index in [-0.39, 0.29) is 23.2 Å². The zero-order valence-electron chi connectivity index (χ0n) is 15.8. The average molecular weight is 401 g/mol. The van der Waals surface area contributed by atoms with Crippen LogP contribution in [0.5, 0.6) is 0 Å². The lowest BCUT2D eigenvalue weighted by atomic mass is 10.2. The second-order valence-corrected chi connectivity index (χ2v) is 8.34.